The monoisotopic (exact) mass is 399 g/mol. The number of carboxylic acids is 1. The number of aliphatic carboxylic acids is 1. The lowest BCUT2D eigenvalue weighted by Crippen LogP contribution is -2.16. The Morgan fingerprint density at radius 3 is 2.42 bits per heavy atom. The van der Waals surface area contributed by atoms with Gasteiger partial charge < -0.3 is 15.2 Å². The molecule has 2 aromatic rings. The zero-order valence-corrected chi connectivity index (χ0v) is 15.3. The van der Waals surface area contributed by atoms with Gasteiger partial charge in [0.05, 0.1) is 10.0 Å². The van der Waals surface area contributed by atoms with E-state index in [4.69, 9.17) is 33.0 Å². The van der Waals surface area contributed by atoms with Crippen molar-refractivity contribution in [3.63, 3.8) is 0 Å². The summed E-state index contributed by atoms with van der Waals surface area (Å²) >= 11 is 12.3. The van der Waals surface area contributed by atoms with Gasteiger partial charge in [-0.15, -0.1) is 5.10 Å². The topological polar surface area (TPSA) is 121 Å². The normalized spacial score (nSPS) is 10.7. The minimum absolute atomic E-state index is 0.0399. The molecule has 0 unspecified atom stereocenters. The van der Waals surface area contributed by atoms with E-state index in [-0.39, 0.29) is 38.8 Å². The third kappa shape index (κ3) is 4.96. The highest BCUT2D eigenvalue weighted by atomic mass is 35.5. The molecule has 138 valence electrons. The summed E-state index contributed by atoms with van der Waals surface area (Å²) in [6.07, 6.45) is -0.688. The van der Waals surface area contributed by atoms with Crippen LogP contribution < -0.4 is 15.6 Å². The lowest BCUT2D eigenvalue weighted by molar-refractivity contribution is -0.139. The molecule has 3 N–H and O–H groups in total. The van der Waals surface area contributed by atoms with Gasteiger partial charge in [-0.3, -0.25) is 14.4 Å². The maximum atomic E-state index is 11.7. The quantitative estimate of drug-likeness (QED) is 0.639. The molecule has 0 aliphatic rings. The molecule has 1 heterocycles. The van der Waals surface area contributed by atoms with Crippen LogP contribution in [0.25, 0.3) is 0 Å². The van der Waals surface area contributed by atoms with Gasteiger partial charge in [-0.05, 0) is 18.1 Å². The van der Waals surface area contributed by atoms with Crippen molar-refractivity contribution in [2.24, 2.45) is 0 Å². The fourth-order valence-electron chi connectivity index (χ4n) is 2.06. The molecule has 0 saturated carbocycles. The molecule has 1 aromatic carbocycles. The number of nitrogens with zero attached hydrogens (tertiary/aromatic N) is 1. The van der Waals surface area contributed by atoms with Gasteiger partial charge in [0.15, 0.2) is 5.75 Å². The first-order valence-corrected chi connectivity index (χ1v) is 8.21. The molecule has 1 amide bonds. The standard InChI is InChI=1S/C16H15Cl2N3O5/c1-7(2)9-5-13(20-21-16(9)25)26-15-10(17)3-8(4-11(15)18)19-12(22)6-14(23)24/h3-5,7H,6H2,1-2H3,(H,19,22)(H,21,25)(H,23,24). The first kappa shape index (κ1) is 19.7. The minimum Gasteiger partial charge on any atom is -0.481 e. The van der Waals surface area contributed by atoms with E-state index in [1.54, 1.807) is 0 Å². The van der Waals surface area contributed by atoms with Crippen molar-refractivity contribution in [3.05, 3.63) is 44.2 Å². The number of carbonyl (C=O) groups excluding carboxylic acids is 1. The molecule has 26 heavy (non-hydrogen) atoms. The maximum absolute atomic E-state index is 11.7. The van der Waals surface area contributed by atoms with Crippen LogP contribution in [-0.4, -0.2) is 27.2 Å². The van der Waals surface area contributed by atoms with Gasteiger partial charge in [-0.25, -0.2) is 5.10 Å². The zero-order valence-electron chi connectivity index (χ0n) is 13.8. The second-order valence-electron chi connectivity index (χ2n) is 5.64. The van der Waals surface area contributed by atoms with E-state index in [1.807, 2.05) is 13.8 Å². The number of anilines is 1. The molecule has 8 nitrogen and oxygen atoms in total. The van der Waals surface area contributed by atoms with E-state index in [0.29, 0.717) is 5.56 Å². The van der Waals surface area contributed by atoms with Crippen molar-refractivity contribution in [1.29, 1.82) is 0 Å². The minimum atomic E-state index is -1.26. The zero-order chi connectivity index (χ0) is 19.4. The molecular formula is C16H15Cl2N3O5. The van der Waals surface area contributed by atoms with E-state index >= 15 is 0 Å². The average Bonchev–Trinajstić information content (AvgIpc) is 2.51. The molecule has 0 saturated heterocycles. The van der Waals surface area contributed by atoms with Crippen LogP contribution in [0.4, 0.5) is 5.69 Å². The summed E-state index contributed by atoms with van der Waals surface area (Å²) < 4.78 is 5.56. The van der Waals surface area contributed by atoms with Gasteiger partial charge >= 0.3 is 5.97 Å². The lowest BCUT2D eigenvalue weighted by atomic mass is 10.1. The summed E-state index contributed by atoms with van der Waals surface area (Å²) in [4.78, 5) is 33.7. The molecular weight excluding hydrogens is 385 g/mol. The van der Waals surface area contributed by atoms with Crippen LogP contribution in [-0.2, 0) is 9.59 Å². The molecule has 0 spiro atoms. The van der Waals surface area contributed by atoms with Gasteiger partial charge in [-0.1, -0.05) is 37.0 Å². The van der Waals surface area contributed by atoms with Crippen LogP contribution in [0.1, 0.15) is 31.7 Å². The summed E-state index contributed by atoms with van der Waals surface area (Å²) in [6, 6.07) is 4.20. The largest absolute Gasteiger partial charge is 0.481 e. The number of hydrogen-bond acceptors (Lipinski definition) is 5. The molecule has 2 rings (SSSR count). The Morgan fingerprint density at radius 1 is 1.27 bits per heavy atom. The highest BCUT2D eigenvalue weighted by Crippen LogP contribution is 2.38. The molecule has 0 fully saturated rings. The fourth-order valence-corrected chi connectivity index (χ4v) is 2.62. The van der Waals surface area contributed by atoms with Gasteiger partial charge in [0.25, 0.3) is 5.56 Å². The number of carbonyl (C=O) groups is 2. The van der Waals surface area contributed by atoms with Crippen molar-refractivity contribution < 1.29 is 19.4 Å². The number of carboxylic acid groups (broad SMARTS) is 1. The molecule has 1 aromatic heterocycles. The van der Waals surface area contributed by atoms with Gasteiger partial charge in [0.1, 0.15) is 6.42 Å². The second kappa shape index (κ2) is 8.20. The van der Waals surface area contributed by atoms with Crippen LogP contribution in [0.15, 0.2) is 23.0 Å². The third-order valence-electron chi connectivity index (χ3n) is 3.23. The Balaban J connectivity index is 2.26. The number of aromatic amines is 1. The Kier molecular flexibility index (Phi) is 6.23. The van der Waals surface area contributed by atoms with E-state index in [1.165, 1.54) is 18.2 Å². The molecule has 0 atom stereocenters. The number of aromatic nitrogens is 2. The van der Waals surface area contributed by atoms with Gasteiger partial charge in [-0.2, -0.15) is 0 Å². The average molecular weight is 400 g/mol. The predicted molar refractivity (Wildman–Crippen MR) is 96.4 cm³/mol. The van der Waals surface area contributed by atoms with Gasteiger partial charge in [0.2, 0.25) is 11.8 Å². The first-order valence-electron chi connectivity index (χ1n) is 7.45. The SMILES string of the molecule is CC(C)c1cc(Oc2c(Cl)cc(NC(=O)CC(=O)O)cc2Cl)n[nH]c1=O. The van der Waals surface area contributed by atoms with Crippen LogP contribution in [0.3, 0.4) is 0 Å². The fraction of sp³-hybridized carbons (Fsp3) is 0.250. The summed E-state index contributed by atoms with van der Waals surface area (Å²) in [7, 11) is 0. The Hall–Kier alpha value is -2.58. The smallest absolute Gasteiger partial charge is 0.312 e. The van der Waals surface area contributed by atoms with Crippen molar-refractivity contribution in [3.8, 4) is 11.6 Å². The summed E-state index contributed by atoms with van der Waals surface area (Å²) in [5.74, 6) is -1.84. The highest BCUT2D eigenvalue weighted by Gasteiger charge is 2.15. The number of nitrogens with one attached hydrogen (secondary N) is 2. The molecule has 0 aliphatic heterocycles. The number of H-pyrrole nitrogens is 1. The van der Waals surface area contributed by atoms with Crippen LogP contribution in [0.5, 0.6) is 11.6 Å². The number of halogens is 2. The highest BCUT2D eigenvalue weighted by molar-refractivity contribution is 6.37. The number of benzene rings is 1. The first-order chi connectivity index (χ1) is 12.2. The number of ether oxygens (including phenoxy) is 1. The van der Waals surface area contributed by atoms with E-state index in [2.05, 4.69) is 15.5 Å². The number of rotatable bonds is 6. The summed E-state index contributed by atoms with van der Waals surface area (Å²) in [6.45, 7) is 3.70. The van der Waals surface area contributed by atoms with Crippen molar-refractivity contribution >= 4 is 40.8 Å². The van der Waals surface area contributed by atoms with Crippen molar-refractivity contribution in [2.45, 2.75) is 26.2 Å². The van der Waals surface area contributed by atoms with E-state index in [9.17, 15) is 14.4 Å². The van der Waals surface area contributed by atoms with E-state index in [0.717, 1.165) is 0 Å². The van der Waals surface area contributed by atoms with Gasteiger partial charge in [0, 0.05) is 17.3 Å². The summed E-state index contributed by atoms with van der Waals surface area (Å²) in [5.41, 5.74) is 0.386. The Bertz CT molecular complexity index is 888. The van der Waals surface area contributed by atoms with Crippen LogP contribution in [0.2, 0.25) is 10.0 Å². The Morgan fingerprint density at radius 2 is 1.88 bits per heavy atom. The van der Waals surface area contributed by atoms with Crippen molar-refractivity contribution in [1.82, 2.24) is 10.2 Å². The van der Waals surface area contributed by atoms with Crippen LogP contribution >= 0.6 is 23.2 Å². The number of hydrogen-bond donors (Lipinski definition) is 3. The molecule has 0 bridgehead atoms. The van der Waals surface area contributed by atoms with E-state index < -0.39 is 18.3 Å². The van der Waals surface area contributed by atoms with Crippen LogP contribution in [0, 0.1) is 0 Å². The second-order valence-corrected chi connectivity index (χ2v) is 6.45. The molecule has 0 aliphatic carbocycles. The third-order valence-corrected chi connectivity index (χ3v) is 3.79. The Labute approximate surface area is 158 Å². The maximum Gasteiger partial charge on any atom is 0.312 e. The molecule has 10 heteroatoms. The predicted octanol–water partition coefficient (Wildman–Crippen LogP) is 3.41. The summed E-state index contributed by atoms with van der Waals surface area (Å²) in [5, 5.41) is 17.2. The molecule has 0 radical (unpaired) electrons. The van der Waals surface area contributed by atoms with Crippen molar-refractivity contribution in [2.75, 3.05) is 5.32 Å². The number of amides is 1. The lowest BCUT2D eigenvalue weighted by Gasteiger charge is -2.12.